The molecule has 2 aromatic rings. The fourth-order valence-electron chi connectivity index (χ4n) is 3.41. The molecule has 0 aromatic heterocycles. The molecule has 144 valence electrons. The maximum absolute atomic E-state index is 12.7. The second-order valence-electron chi connectivity index (χ2n) is 6.82. The van der Waals surface area contributed by atoms with Gasteiger partial charge in [-0.3, -0.25) is 4.79 Å². The quantitative estimate of drug-likeness (QED) is 0.826. The van der Waals surface area contributed by atoms with E-state index in [0.717, 1.165) is 34.9 Å². The van der Waals surface area contributed by atoms with E-state index in [0.29, 0.717) is 18.8 Å². The molecule has 0 aliphatic carbocycles. The minimum absolute atomic E-state index is 0.149. The van der Waals surface area contributed by atoms with Crippen LogP contribution in [0.3, 0.4) is 0 Å². The molecule has 0 saturated carbocycles. The molecule has 1 amide bonds. The third-order valence-electron chi connectivity index (χ3n) is 5.11. The zero-order valence-corrected chi connectivity index (χ0v) is 16.8. The molecule has 3 rings (SSSR count). The van der Waals surface area contributed by atoms with Crippen molar-refractivity contribution < 1.29 is 19.6 Å². The van der Waals surface area contributed by atoms with Crippen molar-refractivity contribution in [2.45, 2.75) is 25.9 Å². The molecule has 1 atom stereocenters. The number of halogens is 1. The van der Waals surface area contributed by atoms with Crippen LogP contribution in [0.15, 0.2) is 36.4 Å². The molecule has 0 spiro atoms. The summed E-state index contributed by atoms with van der Waals surface area (Å²) in [4.78, 5) is 14.6. The summed E-state index contributed by atoms with van der Waals surface area (Å²) in [6, 6.07) is 12.0. The largest absolute Gasteiger partial charge is 0.493 e. The minimum Gasteiger partial charge on any atom is -0.493 e. The maximum atomic E-state index is 12.7. The Morgan fingerprint density at radius 2 is 1.78 bits per heavy atom. The summed E-state index contributed by atoms with van der Waals surface area (Å²) in [7, 11) is 3.27. The summed E-state index contributed by atoms with van der Waals surface area (Å²) in [6.07, 6.45) is 0.828. The van der Waals surface area contributed by atoms with Crippen molar-refractivity contribution in [2.75, 3.05) is 27.3 Å². The van der Waals surface area contributed by atoms with E-state index in [1.54, 1.807) is 14.2 Å². The third-order valence-corrected chi connectivity index (χ3v) is 5.36. The van der Waals surface area contributed by atoms with Gasteiger partial charge in [-0.2, -0.15) is 0 Å². The zero-order chi connectivity index (χ0) is 19.4. The minimum atomic E-state index is 0.149. The lowest BCUT2D eigenvalue weighted by molar-refractivity contribution is -0.683. The van der Waals surface area contributed by atoms with E-state index in [1.165, 1.54) is 5.56 Å². The molecular formula is C21H26ClN2O3+. The number of amides is 1. The SMILES string of the molecule is COc1cc2c(cc1OC)CN(C(=O)C[NH2+][C@@H](C)c1ccc(Cl)cc1)CC2. The van der Waals surface area contributed by atoms with Crippen molar-refractivity contribution in [3.63, 3.8) is 0 Å². The highest BCUT2D eigenvalue weighted by atomic mass is 35.5. The highest BCUT2D eigenvalue weighted by molar-refractivity contribution is 6.30. The van der Waals surface area contributed by atoms with Crippen molar-refractivity contribution in [1.29, 1.82) is 0 Å². The third kappa shape index (κ3) is 4.54. The first kappa shape index (κ1) is 19.5. The second kappa shape index (κ2) is 8.63. The number of ether oxygens (including phenoxy) is 2. The number of carbonyl (C=O) groups excluding carboxylic acids is 1. The van der Waals surface area contributed by atoms with Crippen LogP contribution in [0.25, 0.3) is 0 Å². The Balaban J connectivity index is 1.61. The Morgan fingerprint density at radius 3 is 2.41 bits per heavy atom. The number of fused-ring (bicyclic) bond motifs is 1. The van der Waals surface area contributed by atoms with Gasteiger partial charge in [-0.1, -0.05) is 23.7 Å². The fourth-order valence-corrected chi connectivity index (χ4v) is 3.53. The average Bonchev–Trinajstić information content (AvgIpc) is 2.70. The summed E-state index contributed by atoms with van der Waals surface area (Å²) in [5.41, 5.74) is 3.50. The summed E-state index contributed by atoms with van der Waals surface area (Å²) in [6.45, 7) is 3.85. The molecule has 6 heteroatoms. The lowest BCUT2D eigenvalue weighted by atomic mass is 9.98. The van der Waals surface area contributed by atoms with Crippen LogP contribution in [0.5, 0.6) is 11.5 Å². The van der Waals surface area contributed by atoms with Crippen molar-refractivity contribution in [1.82, 2.24) is 4.90 Å². The Kier molecular flexibility index (Phi) is 6.24. The van der Waals surface area contributed by atoms with Crippen molar-refractivity contribution in [3.8, 4) is 11.5 Å². The topological polar surface area (TPSA) is 55.4 Å². The van der Waals surface area contributed by atoms with Crippen LogP contribution >= 0.6 is 11.6 Å². The van der Waals surface area contributed by atoms with Gasteiger partial charge in [0.05, 0.1) is 14.2 Å². The molecule has 1 heterocycles. The number of methoxy groups -OCH3 is 2. The van der Waals surface area contributed by atoms with E-state index in [1.807, 2.05) is 41.3 Å². The molecule has 0 bridgehead atoms. The Hall–Kier alpha value is -2.24. The van der Waals surface area contributed by atoms with Gasteiger partial charge >= 0.3 is 0 Å². The summed E-state index contributed by atoms with van der Waals surface area (Å²) in [5, 5.41) is 2.79. The number of nitrogens with zero attached hydrogens (tertiary/aromatic N) is 1. The number of nitrogens with two attached hydrogens (primary N) is 1. The highest BCUT2D eigenvalue weighted by Crippen LogP contribution is 2.33. The van der Waals surface area contributed by atoms with Gasteiger partial charge < -0.3 is 19.7 Å². The first-order valence-electron chi connectivity index (χ1n) is 9.12. The molecular weight excluding hydrogens is 364 g/mol. The summed E-state index contributed by atoms with van der Waals surface area (Å²) < 4.78 is 10.8. The number of benzene rings is 2. The number of rotatable bonds is 6. The predicted octanol–water partition coefficient (Wildman–Crippen LogP) is 2.57. The van der Waals surface area contributed by atoms with E-state index >= 15 is 0 Å². The molecule has 0 fully saturated rings. The van der Waals surface area contributed by atoms with Gasteiger partial charge in [0.15, 0.2) is 18.0 Å². The average molecular weight is 390 g/mol. The molecule has 0 radical (unpaired) electrons. The van der Waals surface area contributed by atoms with Crippen molar-refractivity contribution >= 4 is 17.5 Å². The van der Waals surface area contributed by atoms with E-state index in [2.05, 4.69) is 12.2 Å². The molecule has 0 unspecified atom stereocenters. The lowest BCUT2D eigenvalue weighted by Crippen LogP contribution is -2.87. The van der Waals surface area contributed by atoms with Crippen LogP contribution in [0.2, 0.25) is 5.02 Å². The van der Waals surface area contributed by atoms with Crippen LogP contribution in [0.1, 0.15) is 29.7 Å². The Labute approximate surface area is 165 Å². The molecule has 2 N–H and O–H groups in total. The number of hydrogen-bond donors (Lipinski definition) is 1. The van der Waals surface area contributed by atoms with Crippen molar-refractivity contribution in [2.24, 2.45) is 0 Å². The highest BCUT2D eigenvalue weighted by Gasteiger charge is 2.24. The van der Waals surface area contributed by atoms with E-state index in [-0.39, 0.29) is 11.9 Å². The number of hydrogen-bond acceptors (Lipinski definition) is 3. The molecule has 2 aromatic carbocycles. The van der Waals surface area contributed by atoms with Crippen LogP contribution in [0.4, 0.5) is 0 Å². The van der Waals surface area contributed by atoms with Gasteiger partial charge in [0.1, 0.15) is 6.04 Å². The Morgan fingerprint density at radius 1 is 1.15 bits per heavy atom. The monoisotopic (exact) mass is 389 g/mol. The standard InChI is InChI=1S/C21H25ClN2O3/c1-14(15-4-6-18(22)7-5-15)23-12-21(25)24-9-8-16-10-19(26-2)20(27-3)11-17(16)13-24/h4-7,10-11,14,23H,8-9,12-13H2,1-3H3/p+1/t14-/m0/s1. The predicted molar refractivity (Wildman–Crippen MR) is 105 cm³/mol. The van der Waals surface area contributed by atoms with Crippen molar-refractivity contribution in [3.05, 3.63) is 58.1 Å². The lowest BCUT2D eigenvalue weighted by Gasteiger charge is -2.29. The molecule has 1 aliphatic rings. The van der Waals surface area contributed by atoms with Gasteiger partial charge in [0, 0.05) is 23.7 Å². The molecule has 0 saturated heterocycles. The molecule has 1 aliphatic heterocycles. The first-order chi connectivity index (χ1) is 13.0. The zero-order valence-electron chi connectivity index (χ0n) is 16.0. The van der Waals surface area contributed by atoms with E-state index in [4.69, 9.17) is 21.1 Å². The first-order valence-corrected chi connectivity index (χ1v) is 9.50. The summed E-state index contributed by atoms with van der Waals surface area (Å²) in [5.74, 6) is 1.59. The van der Waals surface area contributed by atoms with Gasteiger partial charge in [-0.05, 0) is 48.7 Å². The maximum Gasteiger partial charge on any atom is 0.278 e. The van der Waals surface area contributed by atoms with Crippen LogP contribution in [-0.4, -0.2) is 38.1 Å². The normalized spacial score (nSPS) is 14.4. The molecule has 27 heavy (non-hydrogen) atoms. The Bertz CT molecular complexity index is 808. The van der Waals surface area contributed by atoms with Gasteiger partial charge in [0.25, 0.3) is 5.91 Å². The smallest absolute Gasteiger partial charge is 0.278 e. The van der Waals surface area contributed by atoms with Gasteiger partial charge in [-0.15, -0.1) is 0 Å². The summed E-state index contributed by atoms with van der Waals surface area (Å²) >= 11 is 5.94. The van der Waals surface area contributed by atoms with E-state index < -0.39 is 0 Å². The van der Waals surface area contributed by atoms with Crippen LogP contribution < -0.4 is 14.8 Å². The molecule has 5 nitrogen and oxygen atoms in total. The fraction of sp³-hybridized carbons (Fsp3) is 0.381. The van der Waals surface area contributed by atoms with Gasteiger partial charge in [0.2, 0.25) is 0 Å². The number of quaternary nitrogens is 1. The van der Waals surface area contributed by atoms with Crippen LogP contribution in [0, 0.1) is 0 Å². The van der Waals surface area contributed by atoms with E-state index in [9.17, 15) is 4.79 Å². The van der Waals surface area contributed by atoms with Gasteiger partial charge in [-0.25, -0.2) is 0 Å². The number of carbonyl (C=O) groups is 1. The van der Waals surface area contributed by atoms with Crippen LogP contribution in [-0.2, 0) is 17.8 Å². The second-order valence-corrected chi connectivity index (χ2v) is 7.26.